The minimum Gasteiger partial charge on any atom is -0.461 e. The van der Waals surface area contributed by atoms with E-state index in [0.29, 0.717) is 5.65 Å². The number of imidazole rings is 1. The van der Waals surface area contributed by atoms with Crippen molar-refractivity contribution in [1.29, 1.82) is 0 Å². The van der Waals surface area contributed by atoms with E-state index in [4.69, 9.17) is 4.74 Å². The van der Waals surface area contributed by atoms with E-state index in [9.17, 15) is 13.6 Å². The molecule has 3 aromatic rings. The number of benzene rings is 1. The number of fused-ring (bicyclic) bond motifs is 1. The van der Waals surface area contributed by atoms with E-state index in [-0.39, 0.29) is 23.8 Å². The standard InChI is InChI=1S/C16H12F2N4O2/c1-2-24-16(23)14-15(21-20-12-5-3-4-10(17)8-12)22-9-11(18)6-7-13(22)19-14/h3-9H,2H2,1H3. The molecule has 1 aromatic carbocycles. The van der Waals surface area contributed by atoms with Gasteiger partial charge < -0.3 is 4.74 Å². The summed E-state index contributed by atoms with van der Waals surface area (Å²) < 4.78 is 32.9. The third-order valence-electron chi connectivity index (χ3n) is 3.09. The van der Waals surface area contributed by atoms with Crippen LogP contribution in [0.1, 0.15) is 17.4 Å². The highest BCUT2D eigenvalue weighted by Crippen LogP contribution is 2.25. The number of nitrogens with zero attached hydrogens (tertiary/aromatic N) is 4. The van der Waals surface area contributed by atoms with Gasteiger partial charge in [-0.1, -0.05) is 6.07 Å². The number of hydrogen-bond acceptors (Lipinski definition) is 5. The zero-order chi connectivity index (χ0) is 17.1. The van der Waals surface area contributed by atoms with Crippen LogP contribution in [0.25, 0.3) is 5.65 Å². The molecule has 0 saturated carbocycles. The van der Waals surface area contributed by atoms with Crippen molar-refractivity contribution in [3.05, 3.63) is 59.9 Å². The predicted octanol–water partition coefficient (Wildman–Crippen LogP) is 4.20. The SMILES string of the molecule is CCOC(=O)c1nc2ccc(F)cn2c1N=Nc1cccc(F)c1. The van der Waals surface area contributed by atoms with Crippen LogP contribution in [-0.2, 0) is 4.74 Å². The fraction of sp³-hybridized carbons (Fsp3) is 0.125. The maximum atomic E-state index is 13.5. The van der Waals surface area contributed by atoms with E-state index in [1.807, 2.05) is 0 Å². The number of esters is 1. The van der Waals surface area contributed by atoms with Gasteiger partial charge in [-0.3, -0.25) is 4.40 Å². The van der Waals surface area contributed by atoms with Crippen LogP contribution in [0, 0.1) is 11.6 Å². The second-order valence-electron chi connectivity index (χ2n) is 4.76. The topological polar surface area (TPSA) is 68.3 Å². The molecule has 0 unspecified atom stereocenters. The molecule has 0 aliphatic rings. The summed E-state index contributed by atoms with van der Waals surface area (Å²) in [6.07, 6.45) is 1.13. The molecule has 122 valence electrons. The summed E-state index contributed by atoms with van der Waals surface area (Å²) in [5.74, 6) is -1.69. The molecule has 0 saturated heterocycles. The first-order valence-corrected chi connectivity index (χ1v) is 7.10. The minimum atomic E-state index is -0.699. The Balaban J connectivity index is 2.11. The van der Waals surface area contributed by atoms with Crippen LogP contribution < -0.4 is 0 Å². The van der Waals surface area contributed by atoms with Gasteiger partial charge in [0.15, 0.2) is 11.5 Å². The third-order valence-corrected chi connectivity index (χ3v) is 3.09. The maximum Gasteiger partial charge on any atom is 0.360 e. The first-order valence-electron chi connectivity index (χ1n) is 7.10. The van der Waals surface area contributed by atoms with Gasteiger partial charge in [-0.2, -0.15) is 0 Å². The highest BCUT2D eigenvalue weighted by Gasteiger charge is 2.20. The van der Waals surface area contributed by atoms with Crippen LogP contribution in [0.3, 0.4) is 0 Å². The molecule has 0 aliphatic heterocycles. The Morgan fingerprint density at radius 3 is 2.79 bits per heavy atom. The van der Waals surface area contributed by atoms with Gasteiger partial charge in [0, 0.05) is 12.3 Å². The lowest BCUT2D eigenvalue weighted by atomic mass is 10.3. The van der Waals surface area contributed by atoms with Crippen LogP contribution in [0.15, 0.2) is 52.8 Å². The number of ether oxygens (including phenoxy) is 1. The first kappa shape index (κ1) is 15.7. The van der Waals surface area contributed by atoms with Crippen LogP contribution in [0.5, 0.6) is 0 Å². The largest absolute Gasteiger partial charge is 0.461 e. The van der Waals surface area contributed by atoms with Crippen LogP contribution >= 0.6 is 0 Å². The van der Waals surface area contributed by atoms with Crippen molar-refractivity contribution >= 4 is 23.1 Å². The van der Waals surface area contributed by atoms with E-state index in [2.05, 4.69) is 15.2 Å². The lowest BCUT2D eigenvalue weighted by Crippen LogP contribution is -2.05. The average molecular weight is 330 g/mol. The number of carbonyl (C=O) groups excluding carboxylic acids is 1. The van der Waals surface area contributed by atoms with Crippen molar-refractivity contribution in [2.24, 2.45) is 10.2 Å². The highest BCUT2D eigenvalue weighted by molar-refractivity contribution is 5.93. The molecule has 0 aliphatic carbocycles. The predicted molar refractivity (Wildman–Crippen MR) is 81.7 cm³/mol. The van der Waals surface area contributed by atoms with E-state index in [1.165, 1.54) is 34.7 Å². The summed E-state index contributed by atoms with van der Waals surface area (Å²) in [6.45, 7) is 1.81. The number of azo groups is 1. The van der Waals surface area contributed by atoms with Crippen molar-refractivity contribution < 1.29 is 18.3 Å². The molecule has 3 rings (SSSR count). The highest BCUT2D eigenvalue weighted by atomic mass is 19.1. The van der Waals surface area contributed by atoms with Gasteiger partial charge in [0.25, 0.3) is 0 Å². The molecule has 2 aromatic heterocycles. The number of aromatic nitrogens is 2. The molecule has 6 nitrogen and oxygen atoms in total. The van der Waals surface area contributed by atoms with E-state index >= 15 is 0 Å². The smallest absolute Gasteiger partial charge is 0.360 e. The van der Waals surface area contributed by atoms with E-state index in [0.717, 1.165) is 6.20 Å². The number of halogens is 2. The average Bonchev–Trinajstić information content (AvgIpc) is 2.91. The molecule has 0 fully saturated rings. The fourth-order valence-electron chi connectivity index (χ4n) is 2.08. The van der Waals surface area contributed by atoms with Crippen molar-refractivity contribution in [3.8, 4) is 0 Å². The summed E-state index contributed by atoms with van der Waals surface area (Å²) in [5, 5.41) is 7.83. The molecule has 8 heteroatoms. The number of pyridine rings is 1. The molecular weight excluding hydrogens is 318 g/mol. The van der Waals surface area contributed by atoms with Gasteiger partial charge in [-0.15, -0.1) is 10.2 Å². The second kappa shape index (κ2) is 6.53. The van der Waals surface area contributed by atoms with E-state index < -0.39 is 17.6 Å². The summed E-state index contributed by atoms with van der Waals surface area (Å²) in [5.41, 5.74) is 0.464. The first-order chi connectivity index (χ1) is 11.6. The lowest BCUT2D eigenvalue weighted by Gasteiger charge is -2.00. The molecule has 2 heterocycles. The molecule has 0 amide bonds. The molecule has 0 N–H and O–H groups in total. The van der Waals surface area contributed by atoms with Gasteiger partial charge in [-0.05, 0) is 31.2 Å². The Hall–Kier alpha value is -3.16. The number of carbonyl (C=O) groups is 1. The van der Waals surface area contributed by atoms with Gasteiger partial charge in [0.2, 0.25) is 0 Å². The second-order valence-corrected chi connectivity index (χ2v) is 4.76. The Kier molecular flexibility index (Phi) is 4.28. The summed E-state index contributed by atoms with van der Waals surface area (Å²) in [6, 6.07) is 8.08. The number of rotatable bonds is 4. The molecule has 0 bridgehead atoms. The van der Waals surface area contributed by atoms with E-state index in [1.54, 1.807) is 13.0 Å². The van der Waals surface area contributed by atoms with Gasteiger partial charge in [-0.25, -0.2) is 18.6 Å². The normalized spacial score (nSPS) is 11.3. The lowest BCUT2D eigenvalue weighted by molar-refractivity contribution is 0.0521. The number of hydrogen-bond donors (Lipinski definition) is 0. The summed E-state index contributed by atoms with van der Waals surface area (Å²) in [7, 11) is 0. The van der Waals surface area contributed by atoms with Crippen molar-refractivity contribution in [2.75, 3.05) is 6.61 Å². The maximum absolute atomic E-state index is 13.5. The Morgan fingerprint density at radius 2 is 2.04 bits per heavy atom. The monoisotopic (exact) mass is 330 g/mol. The van der Waals surface area contributed by atoms with Gasteiger partial charge in [0.05, 0.1) is 12.3 Å². The Bertz CT molecular complexity index is 937. The van der Waals surface area contributed by atoms with Crippen molar-refractivity contribution in [3.63, 3.8) is 0 Å². The quantitative estimate of drug-likeness (QED) is 0.532. The molecule has 24 heavy (non-hydrogen) atoms. The molecular formula is C16H12F2N4O2. The van der Waals surface area contributed by atoms with Gasteiger partial charge in [0.1, 0.15) is 17.3 Å². The van der Waals surface area contributed by atoms with Crippen LogP contribution in [0.4, 0.5) is 20.3 Å². The molecule has 0 spiro atoms. The zero-order valence-corrected chi connectivity index (χ0v) is 12.6. The molecule has 0 atom stereocenters. The third kappa shape index (κ3) is 3.12. The summed E-state index contributed by atoms with van der Waals surface area (Å²) >= 11 is 0. The van der Waals surface area contributed by atoms with Gasteiger partial charge >= 0.3 is 5.97 Å². The van der Waals surface area contributed by atoms with Crippen LogP contribution in [0.2, 0.25) is 0 Å². The fourth-order valence-corrected chi connectivity index (χ4v) is 2.08. The Morgan fingerprint density at radius 1 is 1.21 bits per heavy atom. The Labute approximate surface area is 135 Å². The van der Waals surface area contributed by atoms with Crippen LogP contribution in [-0.4, -0.2) is 22.0 Å². The molecule has 0 radical (unpaired) electrons. The zero-order valence-electron chi connectivity index (χ0n) is 12.6. The van der Waals surface area contributed by atoms with Crippen molar-refractivity contribution in [2.45, 2.75) is 6.92 Å². The van der Waals surface area contributed by atoms with Crippen molar-refractivity contribution in [1.82, 2.24) is 9.38 Å². The minimum absolute atomic E-state index is 0.00668. The summed E-state index contributed by atoms with van der Waals surface area (Å²) in [4.78, 5) is 16.1.